The van der Waals surface area contributed by atoms with Gasteiger partial charge in [0.1, 0.15) is 8.04 Å². The molecule has 0 aromatic carbocycles. The van der Waals surface area contributed by atoms with Gasteiger partial charge in [-0.25, -0.2) is 0 Å². The van der Waals surface area contributed by atoms with E-state index in [-0.39, 0.29) is 0 Å². The first-order valence-corrected chi connectivity index (χ1v) is 6.73. The van der Waals surface area contributed by atoms with Crippen molar-refractivity contribution in [3.05, 3.63) is 0 Å². The molecule has 0 fully saturated rings. The second-order valence-corrected chi connectivity index (χ2v) is 5.19. The Labute approximate surface area is 148 Å². The van der Waals surface area contributed by atoms with Crippen molar-refractivity contribution in [2.24, 2.45) is 0 Å². The number of hydrogen-bond acceptors (Lipinski definition) is 1. The van der Waals surface area contributed by atoms with Crippen molar-refractivity contribution in [1.29, 1.82) is 0 Å². The van der Waals surface area contributed by atoms with Crippen molar-refractivity contribution < 1.29 is 1.41 Å². The van der Waals surface area contributed by atoms with Gasteiger partial charge in [-0.15, -0.1) is 0 Å². The summed E-state index contributed by atoms with van der Waals surface area (Å²) in [5.41, 5.74) is 0. The Balaban J connectivity index is 5.59. The molecule has 19 heavy (non-hydrogen) atoms. The largest absolute Gasteiger partial charge is 0.729 e. The summed E-state index contributed by atoms with van der Waals surface area (Å²) in [6.07, 6.45) is -5.66. The fourth-order valence-electron chi connectivity index (χ4n) is 2.07. The molecule has 0 bridgehead atoms. The smallest absolute Gasteiger partial charge is 0.123 e. The number of hydrogen-bond donors (Lipinski definition) is 1. The highest BCUT2D eigenvalue weighted by Gasteiger charge is 2.36. The minimum Gasteiger partial charge on any atom is -0.729 e. The fraction of sp³-hybridized carbons (Fsp3) is 0. The summed E-state index contributed by atoms with van der Waals surface area (Å²) >= 11 is 1.72. The van der Waals surface area contributed by atoms with Crippen molar-refractivity contribution in [2.75, 3.05) is 0 Å². The predicted molar refractivity (Wildman–Crippen MR) is 115 cm³/mol. The van der Waals surface area contributed by atoms with Gasteiger partial charge >= 0.3 is 0 Å². The SMILES string of the molecule is [3H]N(I)B(B(B([B])[B])B([B-])[B-])B(B([B])[B])B([B])B([B-])[B-]. The Hall–Kier alpha value is 1.79. The third kappa shape index (κ3) is 6.20. The topological polar surface area (TPSA) is 12.0 Å². The Morgan fingerprint density at radius 3 is 1.47 bits per heavy atom. The highest BCUT2D eigenvalue weighted by molar-refractivity contribution is 14.1. The third-order valence-corrected chi connectivity index (χ3v) is 3.77. The summed E-state index contributed by atoms with van der Waals surface area (Å²) in [6.45, 7) is -0.708. The van der Waals surface area contributed by atoms with E-state index < -0.39 is 51.3 Å². The van der Waals surface area contributed by atoms with Crippen LogP contribution in [0.2, 0.25) is 1.41 Å². The van der Waals surface area contributed by atoms with Gasteiger partial charge in [0.15, 0.2) is 0 Å². The molecule has 0 aliphatic heterocycles. The van der Waals surface area contributed by atoms with E-state index in [0.717, 1.165) is 3.43 Å². The van der Waals surface area contributed by atoms with Crippen LogP contribution in [-0.2, 0) is 0 Å². The van der Waals surface area contributed by atoms with E-state index in [9.17, 15) is 0 Å². The summed E-state index contributed by atoms with van der Waals surface area (Å²) in [5, 5.41) is 0. The van der Waals surface area contributed by atoms with Gasteiger partial charge in [0, 0.05) is 51.1 Å². The molecule has 1 N–H and O–H groups in total. The summed E-state index contributed by atoms with van der Waals surface area (Å²) in [7, 11) is 51.5. The highest BCUT2D eigenvalue weighted by atomic mass is 127. The molecule has 0 amide bonds. The molecule has 19 heteroatoms. The average molecular weight is 328 g/mol. The number of halogens is 1. The van der Waals surface area contributed by atoms with Gasteiger partial charge in [-0.05, 0) is 36.0 Å². The molecule has 0 atom stereocenters. The Bertz CT molecular complexity index is 256. The molecule has 0 aliphatic carbocycles. The highest BCUT2D eigenvalue weighted by Crippen LogP contribution is 2.03. The first-order valence-electron chi connectivity index (χ1n) is 6.21. The first-order chi connectivity index (χ1) is 9.02. The van der Waals surface area contributed by atoms with E-state index >= 15 is 0 Å². The summed E-state index contributed by atoms with van der Waals surface area (Å²) in [5.74, 6) is 0. The van der Waals surface area contributed by atoms with Gasteiger partial charge < -0.3 is 47.2 Å². The lowest BCUT2D eigenvalue weighted by Crippen LogP contribution is -2.78. The predicted octanol–water partition coefficient (Wildman–Crippen LogP) is -6.08. The second-order valence-electron chi connectivity index (χ2n) is 4.63. The molecule has 0 spiro atoms. The second kappa shape index (κ2) is 9.74. The standard InChI is InChI=1S/B17HIN/c1-10(2)14(9)16(13(7)8)17(19-18)15(11(3)4)12(5)6/h19H/q-4/i/hT. The van der Waals surface area contributed by atoms with Crippen LogP contribution < -0.4 is 3.43 Å². The monoisotopic (exact) mass is 331 g/mol. The lowest BCUT2D eigenvalue weighted by atomic mass is 8.47. The number of nitrogens with one attached hydrogen (secondary N) is 1. The average Bonchev–Trinajstić information content (AvgIpc) is 2.25. The van der Waals surface area contributed by atoms with Crippen molar-refractivity contribution in [3.63, 3.8) is 0 Å². The van der Waals surface area contributed by atoms with E-state index in [1.165, 1.54) is 0 Å². The normalized spacial score (nSPS) is 10.5. The molecular formula is HB17IN-4. The van der Waals surface area contributed by atoms with Crippen LogP contribution >= 0.6 is 22.9 Å². The fourth-order valence-corrected chi connectivity index (χ4v) is 2.81. The summed E-state index contributed by atoms with van der Waals surface area (Å²) in [4.78, 5) is 0. The van der Waals surface area contributed by atoms with Gasteiger partial charge in [-0.2, -0.15) is 0 Å². The first kappa shape index (κ1) is 18.8. The lowest BCUT2D eigenvalue weighted by molar-refractivity contribution is 1.79. The van der Waals surface area contributed by atoms with Crippen LogP contribution in [-0.4, -0.2) is 121 Å². The van der Waals surface area contributed by atoms with E-state index in [1.807, 2.05) is 0 Å². The van der Waals surface area contributed by atoms with Crippen LogP contribution in [0.1, 0.15) is 0 Å². The summed E-state index contributed by atoms with van der Waals surface area (Å²) < 4.78 is 8.92. The van der Waals surface area contributed by atoms with Crippen LogP contribution in [0.15, 0.2) is 0 Å². The van der Waals surface area contributed by atoms with E-state index in [1.54, 1.807) is 22.9 Å². The van der Waals surface area contributed by atoms with Crippen LogP contribution in [0.4, 0.5) is 0 Å². The van der Waals surface area contributed by atoms with Gasteiger partial charge in [-0.3, -0.25) is 0 Å². The molecule has 1 nitrogen and oxygen atoms in total. The van der Waals surface area contributed by atoms with Gasteiger partial charge in [-0.1, -0.05) is 6.39 Å². The van der Waals surface area contributed by atoms with Gasteiger partial charge in [0.05, 0.1) is 0 Å². The molecule has 0 saturated heterocycles. The molecule has 0 saturated carbocycles. The zero-order chi connectivity index (χ0) is 16.2. The van der Waals surface area contributed by atoms with E-state index in [0.29, 0.717) is 0 Å². The lowest BCUT2D eigenvalue weighted by Gasteiger charge is -2.53. The molecule has 0 aliphatic rings. The molecule has 68 valence electrons. The van der Waals surface area contributed by atoms with Crippen molar-refractivity contribution in [1.82, 2.24) is 3.43 Å². The zero-order valence-corrected chi connectivity index (χ0v) is 12.8. The van der Waals surface area contributed by atoms with Gasteiger partial charge in [0.25, 0.3) is 0 Å². The van der Waals surface area contributed by atoms with Crippen molar-refractivity contribution >= 4 is 144 Å². The minimum absolute atomic E-state index is 0.668. The van der Waals surface area contributed by atoms with E-state index in [2.05, 4.69) is 0 Å². The molecule has 0 aromatic heterocycles. The van der Waals surface area contributed by atoms with Crippen LogP contribution in [0.3, 0.4) is 0 Å². The number of rotatable bonds is 8. The van der Waals surface area contributed by atoms with Crippen LogP contribution in [0.5, 0.6) is 0 Å². The Morgan fingerprint density at radius 2 is 1.26 bits per heavy atom. The van der Waals surface area contributed by atoms with E-state index in [4.69, 9.17) is 71.0 Å². The quantitative estimate of drug-likeness (QED) is 0.266. The Kier molecular flexibility index (Phi) is 9.66. The van der Waals surface area contributed by atoms with Gasteiger partial charge in [0.2, 0.25) is 0 Å². The molecule has 22 radical (unpaired) electrons. The minimum atomic E-state index is -0.896. The molecule has 0 unspecified atom stereocenters. The Morgan fingerprint density at radius 1 is 0.842 bits per heavy atom. The zero-order valence-electron chi connectivity index (χ0n) is 11.6. The maximum Gasteiger partial charge on any atom is 0.123 e. The van der Waals surface area contributed by atoms with Crippen LogP contribution in [0, 0.1) is 0 Å². The molecule has 0 heterocycles. The maximum absolute atomic E-state index is 7.86. The molecule has 0 aromatic rings. The van der Waals surface area contributed by atoms with Crippen molar-refractivity contribution in [2.45, 2.75) is 0 Å². The maximum atomic E-state index is 7.86. The molecular weight excluding hydrogens is 325 g/mol. The molecule has 0 rings (SSSR count). The summed E-state index contributed by atoms with van der Waals surface area (Å²) in [6, 6.07) is 0. The van der Waals surface area contributed by atoms with Crippen molar-refractivity contribution in [3.8, 4) is 0 Å². The van der Waals surface area contributed by atoms with Crippen LogP contribution in [0.25, 0.3) is 0 Å². The third-order valence-electron chi connectivity index (χ3n) is 3.12.